The number of rotatable bonds is 3. The Morgan fingerprint density at radius 3 is 2.84 bits per heavy atom. The molecule has 0 saturated carbocycles. The topological polar surface area (TPSA) is 20.2 Å². The third-order valence-corrected chi connectivity index (χ3v) is 5.00. The van der Waals surface area contributed by atoms with E-state index in [0.29, 0.717) is 6.42 Å². The van der Waals surface area contributed by atoms with E-state index in [-0.39, 0.29) is 5.82 Å². The second kappa shape index (κ2) is 5.43. The van der Waals surface area contributed by atoms with Crippen molar-refractivity contribution in [2.75, 3.05) is 0 Å². The van der Waals surface area contributed by atoms with Crippen molar-refractivity contribution in [3.63, 3.8) is 0 Å². The zero-order valence-corrected chi connectivity index (χ0v) is 11.5. The molecule has 1 unspecified atom stereocenters. The van der Waals surface area contributed by atoms with Gasteiger partial charge in [0.1, 0.15) is 5.82 Å². The van der Waals surface area contributed by atoms with Crippen LogP contribution >= 0.6 is 11.3 Å². The van der Waals surface area contributed by atoms with Crippen molar-refractivity contribution in [2.45, 2.75) is 38.2 Å². The lowest BCUT2D eigenvalue weighted by Gasteiger charge is -2.08. The minimum Gasteiger partial charge on any atom is -0.387 e. The summed E-state index contributed by atoms with van der Waals surface area (Å²) in [5, 5.41) is 10.3. The van der Waals surface area contributed by atoms with Crippen molar-refractivity contribution in [1.29, 1.82) is 0 Å². The molecular weight excluding hydrogens is 259 g/mol. The standard InChI is InChI=1S/C16H17FOS/c17-13-6-3-4-11(8-13)9-14(18)16-10-12-5-1-2-7-15(12)19-16/h3-4,6,8,10,14,18H,1-2,5,7,9H2. The number of benzene rings is 1. The van der Waals surface area contributed by atoms with Crippen LogP contribution in [0.15, 0.2) is 30.3 Å². The van der Waals surface area contributed by atoms with Crippen LogP contribution in [0, 0.1) is 5.82 Å². The average molecular weight is 276 g/mol. The predicted molar refractivity (Wildman–Crippen MR) is 76.0 cm³/mol. The third kappa shape index (κ3) is 2.88. The minimum atomic E-state index is -0.516. The van der Waals surface area contributed by atoms with Crippen LogP contribution in [-0.4, -0.2) is 5.11 Å². The summed E-state index contributed by atoms with van der Waals surface area (Å²) in [7, 11) is 0. The van der Waals surface area contributed by atoms with Gasteiger partial charge < -0.3 is 5.11 Å². The molecule has 0 saturated heterocycles. The van der Waals surface area contributed by atoms with E-state index in [2.05, 4.69) is 6.07 Å². The van der Waals surface area contributed by atoms with Gasteiger partial charge in [-0.15, -0.1) is 11.3 Å². The molecule has 1 aromatic heterocycles. The molecule has 0 fully saturated rings. The van der Waals surface area contributed by atoms with Crippen LogP contribution < -0.4 is 0 Å². The molecule has 1 aliphatic carbocycles. The summed E-state index contributed by atoms with van der Waals surface area (Å²) in [4.78, 5) is 2.45. The first-order valence-corrected chi connectivity index (χ1v) is 7.58. The van der Waals surface area contributed by atoms with Crippen molar-refractivity contribution in [1.82, 2.24) is 0 Å². The van der Waals surface area contributed by atoms with Crippen molar-refractivity contribution in [2.24, 2.45) is 0 Å². The molecule has 19 heavy (non-hydrogen) atoms. The Balaban J connectivity index is 1.76. The smallest absolute Gasteiger partial charge is 0.123 e. The molecule has 0 bridgehead atoms. The van der Waals surface area contributed by atoms with Crippen molar-refractivity contribution in [3.8, 4) is 0 Å². The van der Waals surface area contributed by atoms with Gasteiger partial charge in [0.15, 0.2) is 0 Å². The molecule has 1 aromatic carbocycles. The molecule has 100 valence electrons. The van der Waals surface area contributed by atoms with Gasteiger partial charge in [0, 0.05) is 16.2 Å². The first-order valence-electron chi connectivity index (χ1n) is 6.76. The molecule has 3 rings (SSSR count). The largest absolute Gasteiger partial charge is 0.387 e. The summed E-state index contributed by atoms with van der Waals surface area (Å²) in [6.07, 6.45) is 4.76. The van der Waals surface area contributed by atoms with Crippen LogP contribution in [0.4, 0.5) is 4.39 Å². The van der Waals surface area contributed by atoms with Crippen LogP contribution in [0.3, 0.4) is 0 Å². The number of thiophene rings is 1. The molecule has 0 amide bonds. The molecule has 3 heteroatoms. The summed E-state index contributed by atoms with van der Waals surface area (Å²) < 4.78 is 13.1. The molecular formula is C16H17FOS. The summed E-state index contributed by atoms with van der Waals surface area (Å²) in [6.45, 7) is 0. The van der Waals surface area contributed by atoms with Gasteiger partial charge in [0.25, 0.3) is 0 Å². The Morgan fingerprint density at radius 2 is 2.05 bits per heavy atom. The maximum atomic E-state index is 13.1. The maximum Gasteiger partial charge on any atom is 0.123 e. The lowest BCUT2D eigenvalue weighted by Crippen LogP contribution is -2.00. The fourth-order valence-corrected chi connectivity index (χ4v) is 3.91. The summed E-state index contributed by atoms with van der Waals surface area (Å²) in [5.41, 5.74) is 2.25. The molecule has 1 heterocycles. The van der Waals surface area contributed by atoms with E-state index in [1.807, 2.05) is 6.07 Å². The number of aliphatic hydroxyl groups excluding tert-OH is 1. The Hall–Kier alpha value is -1.19. The zero-order valence-electron chi connectivity index (χ0n) is 10.7. The molecule has 0 radical (unpaired) electrons. The number of halogens is 1. The summed E-state index contributed by atoms with van der Waals surface area (Å²) in [6, 6.07) is 8.62. The van der Waals surface area contributed by atoms with Gasteiger partial charge in [-0.3, -0.25) is 0 Å². The highest BCUT2D eigenvalue weighted by Gasteiger charge is 2.18. The highest BCUT2D eigenvalue weighted by molar-refractivity contribution is 7.12. The van der Waals surface area contributed by atoms with Gasteiger partial charge in [0.2, 0.25) is 0 Å². The summed E-state index contributed by atoms with van der Waals surface area (Å²) in [5.74, 6) is -0.241. The van der Waals surface area contributed by atoms with Crippen LogP contribution in [-0.2, 0) is 19.3 Å². The first-order chi connectivity index (χ1) is 9.22. The van der Waals surface area contributed by atoms with Crippen LogP contribution in [0.1, 0.15) is 39.8 Å². The quantitative estimate of drug-likeness (QED) is 0.897. The lowest BCUT2D eigenvalue weighted by atomic mass is 9.98. The molecule has 2 aromatic rings. The van der Waals surface area contributed by atoms with Gasteiger partial charge in [0.05, 0.1) is 6.10 Å². The van der Waals surface area contributed by atoms with Gasteiger partial charge in [-0.05, 0) is 55.0 Å². The normalized spacial score (nSPS) is 16.1. The average Bonchev–Trinajstić information content (AvgIpc) is 2.82. The Labute approximate surface area is 116 Å². The van der Waals surface area contributed by atoms with Gasteiger partial charge in [-0.1, -0.05) is 12.1 Å². The fraction of sp³-hybridized carbons (Fsp3) is 0.375. The monoisotopic (exact) mass is 276 g/mol. The SMILES string of the molecule is OC(Cc1cccc(F)c1)c1cc2c(s1)CCCC2. The van der Waals surface area contributed by atoms with E-state index < -0.39 is 6.10 Å². The zero-order chi connectivity index (χ0) is 13.2. The lowest BCUT2D eigenvalue weighted by molar-refractivity contribution is 0.182. The maximum absolute atomic E-state index is 13.1. The summed E-state index contributed by atoms with van der Waals surface area (Å²) >= 11 is 1.72. The van der Waals surface area contributed by atoms with Gasteiger partial charge in [-0.25, -0.2) is 4.39 Å². The second-order valence-electron chi connectivity index (χ2n) is 5.15. The second-order valence-corrected chi connectivity index (χ2v) is 6.32. The third-order valence-electron chi connectivity index (χ3n) is 3.66. The molecule has 1 N–H and O–H groups in total. The van der Waals surface area contributed by atoms with Crippen molar-refractivity contribution in [3.05, 3.63) is 57.0 Å². The van der Waals surface area contributed by atoms with E-state index in [9.17, 15) is 9.50 Å². The van der Waals surface area contributed by atoms with E-state index in [1.165, 1.54) is 35.4 Å². The van der Waals surface area contributed by atoms with Crippen LogP contribution in [0.2, 0.25) is 0 Å². The van der Waals surface area contributed by atoms with Crippen LogP contribution in [0.25, 0.3) is 0 Å². The number of aryl methyl sites for hydroxylation is 2. The minimum absolute atomic E-state index is 0.241. The number of hydrogen-bond acceptors (Lipinski definition) is 2. The Morgan fingerprint density at radius 1 is 1.21 bits per heavy atom. The van der Waals surface area contributed by atoms with E-state index >= 15 is 0 Å². The molecule has 0 aliphatic heterocycles. The van der Waals surface area contributed by atoms with Crippen molar-refractivity contribution < 1.29 is 9.50 Å². The Kier molecular flexibility index (Phi) is 3.67. The fourth-order valence-electron chi connectivity index (χ4n) is 2.67. The van der Waals surface area contributed by atoms with Crippen LogP contribution in [0.5, 0.6) is 0 Å². The molecule has 1 aliphatic rings. The highest BCUT2D eigenvalue weighted by Crippen LogP contribution is 2.34. The molecule has 1 atom stereocenters. The van der Waals surface area contributed by atoms with Crippen molar-refractivity contribution >= 4 is 11.3 Å². The highest BCUT2D eigenvalue weighted by atomic mass is 32.1. The first kappa shape index (κ1) is 12.8. The van der Waals surface area contributed by atoms with E-state index in [1.54, 1.807) is 17.4 Å². The molecule has 1 nitrogen and oxygen atoms in total. The Bertz CT molecular complexity index is 552. The van der Waals surface area contributed by atoms with Gasteiger partial charge in [-0.2, -0.15) is 0 Å². The molecule has 0 spiro atoms. The number of fused-ring (bicyclic) bond motifs is 1. The number of hydrogen-bond donors (Lipinski definition) is 1. The number of aliphatic hydroxyl groups is 1. The van der Waals surface area contributed by atoms with E-state index in [4.69, 9.17) is 0 Å². The van der Waals surface area contributed by atoms with E-state index in [0.717, 1.165) is 23.3 Å². The predicted octanol–water partition coefficient (Wildman–Crippen LogP) is 4.04. The van der Waals surface area contributed by atoms with Gasteiger partial charge >= 0.3 is 0 Å².